The van der Waals surface area contributed by atoms with Crippen LogP contribution in [0.3, 0.4) is 0 Å². The number of methoxy groups -OCH3 is 1. The minimum Gasteiger partial charge on any atom is -0.481 e. The average molecular weight is 315 g/mol. The smallest absolute Gasteiger partial charge is 0.325 e. The van der Waals surface area contributed by atoms with Gasteiger partial charge in [0.1, 0.15) is 0 Å². The zero-order valence-electron chi connectivity index (χ0n) is 11.7. The lowest BCUT2D eigenvalue weighted by molar-refractivity contribution is -0.140. The Morgan fingerprint density at radius 2 is 1.86 bits per heavy atom. The van der Waals surface area contributed by atoms with E-state index in [1.165, 1.54) is 6.92 Å². The number of carboxylic acid groups (broad SMARTS) is 1. The first-order valence-corrected chi connectivity index (χ1v) is 7.67. The molecule has 1 aromatic carbocycles. The second kappa shape index (κ2) is 7.19. The van der Waals surface area contributed by atoms with Gasteiger partial charge in [-0.2, -0.15) is 0 Å². The van der Waals surface area contributed by atoms with Gasteiger partial charge < -0.3 is 9.84 Å². The number of sulfonamides is 1. The van der Waals surface area contributed by atoms with E-state index >= 15 is 0 Å². The molecule has 8 heteroatoms. The van der Waals surface area contributed by atoms with Crippen LogP contribution in [0.1, 0.15) is 18.1 Å². The molecule has 116 valence electrons. The minimum atomic E-state index is -3.89. The molecule has 0 heterocycles. The van der Waals surface area contributed by atoms with Gasteiger partial charge in [-0.05, 0) is 18.1 Å². The Labute approximate surface area is 123 Å². The number of esters is 1. The molecular formula is C13H17NO6S. The summed E-state index contributed by atoms with van der Waals surface area (Å²) in [6.07, 6.45) is -0.204. The third kappa shape index (κ3) is 4.83. The van der Waals surface area contributed by atoms with E-state index in [0.29, 0.717) is 11.1 Å². The van der Waals surface area contributed by atoms with E-state index in [4.69, 9.17) is 5.11 Å². The summed E-state index contributed by atoms with van der Waals surface area (Å²) in [4.78, 5) is 22.0. The van der Waals surface area contributed by atoms with Crippen LogP contribution in [0.5, 0.6) is 0 Å². The maximum absolute atomic E-state index is 11.9. The van der Waals surface area contributed by atoms with Crippen LogP contribution in [0.15, 0.2) is 24.3 Å². The SMILES string of the molecule is COC(=O)C(C)S(=O)(=O)NCc1ccccc1CC(=O)O. The first-order valence-electron chi connectivity index (χ1n) is 6.12. The van der Waals surface area contributed by atoms with Gasteiger partial charge in [0.15, 0.2) is 5.25 Å². The van der Waals surface area contributed by atoms with Gasteiger partial charge in [0, 0.05) is 6.54 Å². The van der Waals surface area contributed by atoms with E-state index in [2.05, 4.69) is 9.46 Å². The van der Waals surface area contributed by atoms with Crippen molar-refractivity contribution in [3.05, 3.63) is 35.4 Å². The zero-order chi connectivity index (χ0) is 16.0. The second-order valence-corrected chi connectivity index (χ2v) is 6.46. The van der Waals surface area contributed by atoms with Gasteiger partial charge in [0.05, 0.1) is 13.5 Å². The van der Waals surface area contributed by atoms with E-state index in [1.54, 1.807) is 24.3 Å². The van der Waals surface area contributed by atoms with E-state index in [-0.39, 0.29) is 13.0 Å². The van der Waals surface area contributed by atoms with Crippen molar-refractivity contribution < 1.29 is 27.9 Å². The molecule has 0 aliphatic heterocycles. The van der Waals surface area contributed by atoms with Crippen LogP contribution in [0.4, 0.5) is 0 Å². The third-order valence-corrected chi connectivity index (χ3v) is 4.59. The second-order valence-electron chi connectivity index (χ2n) is 4.37. The van der Waals surface area contributed by atoms with Crippen LogP contribution < -0.4 is 4.72 Å². The Hall–Kier alpha value is -1.93. The van der Waals surface area contributed by atoms with Gasteiger partial charge in [-0.1, -0.05) is 24.3 Å². The molecule has 21 heavy (non-hydrogen) atoms. The van der Waals surface area contributed by atoms with Crippen molar-refractivity contribution in [2.24, 2.45) is 0 Å². The van der Waals surface area contributed by atoms with E-state index in [9.17, 15) is 18.0 Å². The standard InChI is InChI=1S/C13H17NO6S/c1-9(13(17)20-2)21(18,19)14-8-11-6-4-3-5-10(11)7-12(15)16/h3-6,9,14H,7-8H2,1-2H3,(H,15,16). The average Bonchev–Trinajstić information content (AvgIpc) is 2.44. The van der Waals surface area contributed by atoms with Crippen LogP contribution in [-0.2, 0) is 37.3 Å². The van der Waals surface area contributed by atoms with Crippen molar-refractivity contribution in [1.29, 1.82) is 0 Å². The molecule has 0 aliphatic rings. The largest absolute Gasteiger partial charge is 0.481 e. The van der Waals surface area contributed by atoms with Gasteiger partial charge in [-0.3, -0.25) is 9.59 Å². The minimum absolute atomic E-state index is 0.0902. The summed E-state index contributed by atoms with van der Waals surface area (Å²) < 4.78 is 30.5. The highest BCUT2D eigenvalue weighted by Crippen LogP contribution is 2.11. The fourth-order valence-electron chi connectivity index (χ4n) is 1.66. The molecule has 0 saturated heterocycles. The monoisotopic (exact) mass is 315 g/mol. The molecule has 0 bridgehead atoms. The number of hydrogen-bond acceptors (Lipinski definition) is 5. The molecule has 1 unspecified atom stereocenters. The lowest BCUT2D eigenvalue weighted by atomic mass is 10.1. The van der Waals surface area contributed by atoms with Crippen molar-refractivity contribution >= 4 is 22.0 Å². The molecular weight excluding hydrogens is 298 g/mol. The number of carbonyl (C=O) groups excluding carboxylic acids is 1. The van der Waals surface area contributed by atoms with E-state index in [0.717, 1.165) is 7.11 Å². The highest BCUT2D eigenvalue weighted by molar-refractivity contribution is 7.90. The number of aliphatic carboxylic acids is 1. The number of carboxylic acids is 1. The molecule has 2 N–H and O–H groups in total. The van der Waals surface area contributed by atoms with Crippen LogP contribution in [0.25, 0.3) is 0 Å². The Morgan fingerprint density at radius 1 is 1.29 bits per heavy atom. The molecule has 0 spiro atoms. The number of hydrogen-bond donors (Lipinski definition) is 2. The number of rotatable bonds is 7. The van der Waals surface area contributed by atoms with Crippen LogP contribution in [-0.4, -0.2) is 37.8 Å². The number of nitrogens with one attached hydrogen (secondary N) is 1. The van der Waals surface area contributed by atoms with Gasteiger partial charge in [-0.15, -0.1) is 0 Å². The lowest BCUT2D eigenvalue weighted by Gasteiger charge is -2.13. The third-order valence-electron chi connectivity index (χ3n) is 2.92. The van der Waals surface area contributed by atoms with Crippen LogP contribution in [0.2, 0.25) is 0 Å². The first kappa shape index (κ1) is 17.1. The quantitative estimate of drug-likeness (QED) is 0.700. The zero-order valence-corrected chi connectivity index (χ0v) is 12.5. The summed E-state index contributed by atoms with van der Waals surface area (Å²) in [5, 5.41) is 7.47. The molecule has 1 rings (SSSR count). The maximum atomic E-state index is 11.9. The Balaban J connectivity index is 2.84. The van der Waals surface area contributed by atoms with Crippen molar-refractivity contribution in [3.63, 3.8) is 0 Å². The molecule has 7 nitrogen and oxygen atoms in total. The lowest BCUT2D eigenvalue weighted by Crippen LogP contribution is -2.38. The van der Waals surface area contributed by atoms with Crippen molar-refractivity contribution in [3.8, 4) is 0 Å². The van der Waals surface area contributed by atoms with Gasteiger partial charge in [-0.25, -0.2) is 13.1 Å². The number of ether oxygens (including phenoxy) is 1. The Bertz CT molecular complexity index is 625. The molecule has 0 saturated carbocycles. The Morgan fingerprint density at radius 3 is 2.38 bits per heavy atom. The summed E-state index contributed by atoms with van der Waals surface area (Å²) in [6.45, 7) is 1.13. The summed E-state index contributed by atoms with van der Waals surface area (Å²) in [6, 6.07) is 6.59. The molecule has 0 amide bonds. The fourth-order valence-corrected chi connectivity index (χ4v) is 2.62. The van der Waals surface area contributed by atoms with Gasteiger partial charge >= 0.3 is 11.9 Å². The summed E-state index contributed by atoms with van der Waals surface area (Å²) in [7, 11) is -2.78. The Kier molecular flexibility index (Phi) is 5.86. The normalized spacial score (nSPS) is 12.7. The van der Waals surface area contributed by atoms with Crippen molar-refractivity contribution in [2.45, 2.75) is 25.1 Å². The summed E-state index contributed by atoms with van der Waals surface area (Å²) >= 11 is 0. The molecule has 0 fully saturated rings. The molecule has 0 aromatic heterocycles. The van der Waals surface area contributed by atoms with Crippen molar-refractivity contribution in [1.82, 2.24) is 4.72 Å². The molecule has 1 aromatic rings. The topological polar surface area (TPSA) is 110 Å². The van der Waals surface area contributed by atoms with Crippen molar-refractivity contribution in [2.75, 3.05) is 7.11 Å². The molecule has 0 aliphatic carbocycles. The fraction of sp³-hybridized carbons (Fsp3) is 0.385. The molecule has 1 atom stereocenters. The van der Waals surface area contributed by atoms with E-state index < -0.39 is 27.2 Å². The van der Waals surface area contributed by atoms with Crippen LogP contribution >= 0.6 is 0 Å². The van der Waals surface area contributed by atoms with Crippen LogP contribution in [0, 0.1) is 0 Å². The predicted molar refractivity (Wildman–Crippen MR) is 75.0 cm³/mol. The molecule has 0 radical (unpaired) electrons. The maximum Gasteiger partial charge on any atom is 0.325 e. The first-order chi connectivity index (χ1) is 9.77. The van der Waals surface area contributed by atoms with Gasteiger partial charge in [0.2, 0.25) is 10.0 Å². The number of benzene rings is 1. The number of carbonyl (C=O) groups is 2. The predicted octanol–water partition coefficient (Wildman–Crippen LogP) is 0.295. The summed E-state index contributed by atoms with van der Waals surface area (Å²) in [5.41, 5.74) is 1.05. The summed E-state index contributed by atoms with van der Waals surface area (Å²) in [5.74, 6) is -1.87. The highest BCUT2D eigenvalue weighted by Gasteiger charge is 2.28. The van der Waals surface area contributed by atoms with Gasteiger partial charge in [0.25, 0.3) is 0 Å². The van der Waals surface area contributed by atoms with E-state index in [1.807, 2.05) is 0 Å². The highest BCUT2D eigenvalue weighted by atomic mass is 32.2.